The van der Waals surface area contributed by atoms with Gasteiger partial charge in [-0.15, -0.1) is 0 Å². The van der Waals surface area contributed by atoms with Crippen molar-refractivity contribution in [3.63, 3.8) is 0 Å². The summed E-state index contributed by atoms with van der Waals surface area (Å²) >= 11 is 5.92. The van der Waals surface area contributed by atoms with E-state index in [9.17, 15) is 14.6 Å². The van der Waals surface area contributed by atoms with E-state index in [1.54, 1.807) is 12.1 Å². The quantitative estimate of drug-likeness (QED) is 0.785. The molecule has 0 radical (unpaired) electrons. The van der Waals surface area contributed by atoms with Gasteiger partial charge in [0.15, 0.2) is 0 Å². The van der Waals surface area contributed by atoms with Crippen LogP contribution in [0, 0.1) is 5.82 Å². The number of halogens is 2. The van der Waals surface area contributed by atoms with Crippen LogP contribution in [-0.2, 0) is 5.60 Å². The number of aliphatic hydroxyl groups excluding tert-OH is 1. The van der Waals surface area contributed by atoms with E-state index in [0.29, 0.717) is 43.9 Å². The van der Waals surface area contributed by atoms with Gasteiger partial charge in [0.2, 0.25) is 0 Å². The number of aliphatic hydroxyl groups is 2. The minimum Gasteiger partial charge on any atom is -0.388 e. The summed E-state index contributed by atoms with van der Waals surface area (Å²) in [4.78, 5) is 2.18. The molecule has 1 fully saturated rings. The molecule has 0 bridgehead atoms. The molecule has 1 atom stereocenters. The molecule has 2 aromatic carbocycles. The molecular weight excluding hydrogens is 353 g/mol. The smallest absolute Gasteiger partial charge is 0.123 e. The van der Waals surface area contributed by atoms with Crippen molar-refractivity contribution in [1.82, 2.24) is 4.90 Å². The number of likely N-dealkylation sites (tertiary alicyclic amines) is 1. The molecule has 0 amide bonds. The second kappa shape index (κ2) is 8.49. The van der Waals surface area contributed by atoms with Gasteiger partial charge in [0, 0.05) is 18.1 Å². The zero-order valence-corrected chi connectivity index (χ0v) is 15.2. The fourth-order valence-corrected chi connectivity index (χ4v) is 3.45. The van der Waals surface area contributed by atoms with Crippen LogP contribution in [0.2, 0.25) is 5.02 Å². The molecule has 0 aromatic heterocycles. The summed E-state index contributed by atoms with van der Waals surface area (Å²) < 4.78 is 44.5. The predicted molar refractivity (Wildman–Crippen MR) is 102 cm³/mol. The average molecular weight is 382 g/mol. The topological polar surface area (TPSA) is 43.7 Å². The van der Waals surface area contributed by atoms with Gasteiger partial charge in [0.05, 0.1) is 17.2 Å². The molecular formula is C21H25ClFNO2. The van der Waals surface area contributed by atoms with Gasteiger partial charge in [0.1, 0.15) is 5.82 Å². The van der Waals surface area contributed by atoms with E-state index in [1.165, 1.54) is 0 Å². The summed E-state index contributed by atoms with van der Waals surface area (Å²) in [5, 5.41) is 22.0. The van der Waals surface area contributed by atoms with Crippen molar-refractivity contribution >= 4 is 11.6 Å². The van der Waals surface area contributed by atoms with Crippen LogP contribution in [0.4, 0.5) is 4.39 Å². The van der Waals surface area contributed by atoms with Crippen LogP contribution in [0.5, 0.6) is 0 Å². The molecule has 2 N–H and O–H groups in total. The van der Waals surface area contributed by atoms with E-state index < -0.39 is 41.7 Å². The SMILES string of the molecule is [2H]c1c([2H])c(C(O)CCCN2CCC(O)(c3ccc(Cl)cc3)CC2)c([2H])c([2H])c1F. The molecule has 26 heavy (non-hydrogen) atoms. The summed E-state index contributed by atoms with van der Waals surface area (Å²) in [5.41, 5.74) is -0.201. The van der Waals surface area contributed by atoms with Gasteiger partial charge in [0.25, 0.3) is 0 Å². The fraction of sp³-hybridized carbons (Fsp3) is 0.429. The van der Waals surface area contributed by atoms with Crippen LogP contribution in [0.3, 0.4) is 0 Å². The van der Waals surface area contributed by atoms with Gasteiger partial charge >= 0.3 is 0 Å². The Morgan fingerprint density at radius 3 is 2.38 bits per heavy atom. The van der Waals surface area contributed by atoms with E-state index in [4.69, 9.17) is 17.1 Å². The summed E-state index contributed by atoms with van der Waals surface area (Å²) in [7, 11) is 0. The van der Waals surface area contributed by atoms with E-state index in [1.807, 2.05) is 12.1 Å². The molecule has 0 aliphatic carbocycles. The van der Waals surface area contributed by atoms with Crippen molar-refractivity contribution in [2.24, 2.45) is 0 Å². The molecule has 1 heterocycles. The van der Waals surface area contributed by atoms with E-state index in [-0.39, 0.29) is 12.0 Å². The Kier molecular flexibility index (Phi) is 4.76. The molecule has 3 rings (SSSR count). The maximum absolute atomic E-state index is 13.7. The van der Waals surface area contributed by atoms with E-state index in [2.05, 4.69) is 4.90 Å². The van der Waals surface area contributed by atoms with Gasteiger partial charge in [-0.25, -0.2) is 4.39 Å². The van der Waals surface area contributed by atoms with Gasteiger partial charge in [-0.2, -0.15) is 0 Å². The standard InChI is InChI=1S/C21H25ClFNO2/c22-18-7-5-17(6-8-18)21(26)11-14-24(15-12-21)13-1-2-20(25)16-3-9-19(23)10-4-16/h3-10,20,25-26H,1-2,11-15H2/i3D,4D,9D,10D. The maximum Gasteiger partial charge on any atom is 0.123 e. The number of nitrogens with zero attached hydrogens (tertiary/aromatic N) is 1. The summed E-state index contributed by atoms with van der Waals surface area (Å²) in [6, 6.07) is 4.63. The van der Waals surface area contributed by atoms with E-state index >= 15 is 0 Å². The number of hydrogen-bond donors (Lipinski definition) is 2. The molecule has 1 aliphatic heterocycles. The molecule has 140 valence electrons. The predicted octanol–water partition coefficient (Wildman–Crippen LogP) is 4.28. The molecule has 2 aromatic rings. The van der Waals surface area contributed by atoms with Crippen LogP contribution >= 0.6 is 11.6 Å². The van der Waals surface area contributed by atoms with Crippen molar-refractivity contribution in [2.45, 2.75) is 37.4 Å². The monoisotopic (exact) mass is 381 g/mol. The number of benzene rings is 2. The minimum absolute atomic E-state index is 0.165. The molecule has 5 heteroatoms. The first-order valence-corrected chi connectivity index (χ1v) is 9.16. The second-order valence-corrected chi connectivity index (χ2v) is 7.20. The van der Waals surface area contributed by atoms with Crippen LogP contribution in [-0.4, -0.2) is 34.7 Å². The lowest BCUT2D eigenvalue weighted by Crippen LogP contribution is -2.42. The lowest BCUT2D eigenvalue weighted by atomic mass is 9.84. The first-order chi connectivity index (χ1) is 14.1. The van der Waals surface area contributed by atoms with Gasteiger partial charge in [-0.3, -0.25) is 0 Å². The largest absolute Gasteiger partial charge is 0.388 e. The highest BCUT2D eigenvalue weighted by molar-refractivity contribution is 6.30. The Morgan fingerprint density at radius 1 is 1.15 bits per heavy atom. The van der Waals surface area contributed by atoms with E-state index in [0.717, 1.165) is 5.56 Å². The summed E-state index contributed by atoms with van der Waals surface area (Å²) in [5.74, 6) is -1.21. The normalized spacial score (nSPS) is 20.8. The number of piperidine rings is 1. The highest BCUT2D eigenvalue weighted by Gasteiger charge is 2.33. The maximum atomic E-state index is 13.7. The minimum atomic E-state index is -1.21. The molecule has 1 saturated heterocycles. The van der Waals surface area contributed by atoms with Crippen LogP contribution < -0.4 is 0 Å². The third-order valence-corrected chi connectivity index (χ3v) is 5.22. The first kappa shape index (κ1) is 14.6. The number of rotatable bonds is 6. The fourth-order valence-electron chi connectivity index (χ4n) is 3.32. The second-order valence-electron chi connectivity index (χ2n) is 6.77. The van der Waals surface area contributed by atoms with Crippen LogP contribution in [0.1, 0.15) is 48.4 Å². The Labute approximate surface area is 164 Å². The number of hydrogen-bond acceptors (Lipinski definition) is 3. The van der Waals surface area contributed by atoms with Crippen molar-refractivity contribution in [1.29, 1.82) is 0 Å². The van der Waals surface area contributed by atoms with Crippen LogP contribution in [0.15, 0.2) is 48.4 Å². The van der Waals surface area contributed by atoms with Crippen molar-refractivity contribution in [3.8, 4) is 0 Å². The summed E-state index contributed by atoms with van der Waals surface area (Å²) in [6.07, 6.45) is 0.757. The highest BCUT2D eigenvalue weighted by atomic mass is 35.5. The van der Waals surface area contributed by atoms with Crippen LogP contribution in [0.25, 0.3) is 0 Å². The highest BCUT2D eigenvalue weighted by Crippen LogP contribution is 2.33. The lowest BCUT2D eigenvalue weighted by molar-refractivity contribution is -0.0266. The zero-order valence-electron chi connectivity index (χ0n) is 18.4. The summed E-state index contributed by atoms with van der Waals surface area (Å²) in [6.45, 7) is 2.04. The van der Waals surface area contributed by atoms with Gasteiger partial charge < -0.3 is 15.1 Å². The molecule has 0 saturated carbocycles. The van der Waals surface area contributed by atoms with Crippen molar-refractivity contribution < 1.29 is 20.1 Å². The van der Waals surface area contributed by atoms with Gasteiger partial charge in [-0.1, -0.05) is 35.8 Å². The Morgan fingerprint density at radius 2 is 1.77 bits per heavy atom. The molecule has 3 nitrogen and oxygen atoms in total. The van der Waals surface area contributed by atoms with Gasteiger partial charge in [-0.05, 0) is 67.6 Å². The Hall–Kier alpha value is -1.46. The average Bonchev–Trinajstić information content (AvgIpc) is 2.73. The third kappa shape index (κ3) is 4.83. The van der Waals surface area contributed by atoms with Crippen molar-refractivity contribution in [3.05, 3.63) is 70.4 Å². The lowest BCUT2D eigenvalue weighted by Gasteiger charge is -2.38. The first-order valence-electron chi connectivity index (χ1n) is 10.8. The Bertz CT molecular complexity index is 876. The molecule has 1 aliphatic rings. The Balaban J connectivity index is 1.54. The molecule has 1 unspecified atom stereocenters. The zero-order chi connectivity index (χ0) is 22.1. The van der Waals surface area contributed by atoms with Crippen molar-refractivity contribution in [2.75, 3.05) is 19.6 Å². The third-order valence-electron chi connectivity index (χ3n) is 4.96. The molecule has 0 spiro atoms.